The predicted octanol–water partition coefficient (Wildman–Crippen LogP) is 1.21. The summed E-state index contributed by atoms with van der Waals surface area (Å²) in [4.78, 5) is 2.48. The van der Waals surface area contributed by atoms with Crippen molar-refractivity contribution in [3.8, 4) is 11.5 Å². The molecule has 92 valence electrons. The Balaban J connectivity index is 1.67. The second-order valence-electron chi connectivity index (χ2n) is 4.57. The molecular weight excluding hydrogens is 216 g/mol. The van der Waals surface area contributed by atoms with Crippen LogP contribution in [0.5, 0.6) is 11.5 Å². The van der Waals surface area contributed by atoms with Gasteiger partial charge in [0.15, 0.2) is 11.5 Å². The van der Waals surface area contributed by atoms with E-state index in [1.165, 1.54) is 18.5 Å². The van der Waals surface area contributed by atoms with Crippen LogP contribution in [-0.4, -0.2) is 37.9 Å². The van der Waals surface area contributed by atoms with Crippen molar-refractivity contribution in [2.75, 3.05) is 33.0 Å². The average molecular weight is 234 g/mol. The lowest BCUT2D eigenvalue weighted by Gasteiger charge is -2.19. The van der Waals surface area contributed by atoms with E-state index >= 15 is 0 Å². The Morgan fingerprint density at radius 2 is 2.06 bits per heavy atom. The molecule has 1 N–H and O–H groups in total. The third-order valence-corrected chi connectivity index (χ3v) is 3.28. The molecule has 4 nitrogen and oxygen atoms in total. The first-order chi connectivity index (χ1) is 8.42. The highest BCUT2D eigenvalue weighted by Gasteiger charge is 2.15. The maximum absolute atomic E-state index is 5.40. The topological polar surface area (TPSA) is 33.7 Å². The molecule has 1 aromatic rings. The predicted molar refractivity (Wildman–Crippen MR) is 65.3 cm³/mol. The summed E-state index contributed by atoms with van der Waals surface area (Å²) in [5, 5.41) is 3.42. The summed E-state index contributed by atoms with van der Waals surface area (Å²) in [7, 11) is 0. The molecule has 0 aromatic heterocycles. The zero-order chi connectivity index (χ0) is 11.5. The van der Waals surface area contributed by atoms with Gasteiger partial charge in [-0.1, -0.05) is 6.07 Å². The summed E-state index contributed by atoms with van der Waals surface area (Å²) < 4.78 is 10.7. The lowest BCUT2D eigenvalue weighted by molar-refractivity contribution is 0.174. The molecular formula is C13H18N2O2. The maximum Gasteiger partial charge on any atom is 0.231 e. The summed E-state index contributed by atoms with van der Waals surface area (Å²) >= 11 is 0. The van der Waals surface area contributed by atoms with Gasteiger partial charge in [-0.05, 0) is 37.2 Å². The minimum atomic E-state index is 0.354. The molecule has 4 heteroatoms. The van der Waals surface area contributed by atoms with Gasteiger partial charge in [0.05, 0.1) is 0 Å². The normalized spacial score (nSPS) is 20.2. The highest BCUT2D eigenvalue weighted by Crippen LogP contribution is 2.32. The fourth-order valence-corrected chi connectivity index (χ4v) is 2.36. The first-order valence-electron chi connectivity index (χ1n) is 6.23. The Kier molecular flexibility index (Phi) is 3.16. The minimum absolute atomic E-state index is 0.354. The van der Waals surface area contributed by atoms with Crippen LogP contribution in [0.2, 0.25) is 0 Å². The quantitative estimate of drug-likeness (QED) is 0.834. The fraction of sp³-hybridized carbons (Fsp3) is 0.538. The minimum Gasteiger partial charge on any atom is -0.454 e. The number of ether oxygens (including phenoxy) is 2. The SMILES string of the molecule is c1cc2c(cc1CN1CCCNCC1)OCO2. The highest BCUT2D eigenvalue weighted by atomic mass is 16.7. The van der Waals surface area contributed by atoms with E-state index in [9.17, 15) is 0 Å². The zero-order valence-corrected chi connectivity index (χ0v) is 9.95. The molecule has 2 aliphatic rings. The monoisotopic (exact) mass is 234 g/mol. The first-order valence-corrected chi connectivity index (χ1v) is 6.23. The molecule has 1 saturated heterocycles. The summed E-state index contributed by atoms with van der Waals surface area (Å²) in [6, 6.07) is 6.24. The smallest absolute Gasteiger partial charge is 0.231 e. The van der Waals surface area contributed by atoms with E-state index in [0.717, 1.165) is 37.7 Å². The van der Waals surface area contributed by atoms with Crippen LogP contribution < -0.4 is 14.8 Å². The van der Waals surface area contributed by atoms with Crippen molar-refractivity contribution in [3.63, 3.8) is 0 Å². The molecule has 0 amide bonds. The molecule has 0 bridgehead atoms. The molecule has 1 aromatic carbocycles. The largest absolute Gasteiger partial charge is 0.454 e. The molecule has 0 radical (unpaired) electrons. The van der Waals surface area contributed by atoms with Gasteiger partial charge in [0, 0.05) is 19.6 Å². The van der Waals surface area contributed by atoms with E-state index < -0.39 is 0 Å². The Morgan fingerprint density at radius 1 is 1.12 bits per heavy atom. The van der Waals surface area contributed by atoms with Gasteiger partial charge in [0.2, 0.25) is 6.79 Å². The van der Waals surface area contributed by atoms with Gasteiger partial charge in [0.25, 0.3) is 0 Å². The van der Waals surface area contributed by atoms with Crippen molar-refractivity contribution in [2.45, 2.75) is 13.0 Å². The molecule has 0 unspecified atom stereocenters. The molecule has 0 saturated carbocycles. The Morgan fingerprint density at radius 3 is 3.06 bits per heavy atom. The average Bonchev–Trinajstić information content (AvgIpc) is 2.65. The van der Waals surface area contributed by atoms with E-state index in [2.05, 4.69) is 22.3 Å². The van der Waals surface area contributed by atoms with Crippen LogP contribution in [0.4, 0.5) is 0 Å². The molecule has 0 aliphatic carbocycles. The van der Waals surface area contributed by atoms with Crippen molar-refractivity contribution in [2.24, 2.45) is 0 Å². The van der Waals surface area contributed by atoms with Crippen LogP contribution in [0.25, 0.3) is 0 Å². The van der Waals surface area contributed by atoms with E-state index in [-0.39, 0.29) is 0 Å². The second-order valence-corrected chi connectivity index (χ2v) is 4.57. The lowest BCUT2D eigenvalue weighted by Crippen LogP contribution is -2.27. The van der Waals surface area contributed by atoms with Crippen molar-refractivity contribution in [3.05, 3.63) is 23.8 Å². The summed E-state index contributed by atoms with van der Waals surface area (Å²) in [5.41, 5.74) is 1.30. The molecule has 0 atom stereocenters. The lowest BCUT2D eigenvalue weighted by atomic mass is 10.2. The number of rotatable bonds is 2. The Bertz CT molecular complexity index is 387. The van der Waals surface area contributed by atoms with Crippen molar-refractivity contribution < 1.29 is 9.47 Å². The van der Waals surface area contributed by atoms with E-state index in [1.54, 1.807) is 0 Å². The highest BCUT2D eigenvalue weighted by molar-refractivity contribution is 5.44. The number of hydrogen-bond donors (Lipinski definition) is 1. The molecule has 3 rings (SSSR count). The van der Waals surface area contributed by atoms with Crippen LogP contribution in [0.15, 0.2) is 18.2 Å². The van der Waals surface area contributed by atoms with Crippen LogP contribution in [-0.2, 0) is 6.54 Å². The number of benzene rings is 1. The van der Waals surface area contributed by atoms with Crippen molar-refractivity contribution >= 4 is 0 Å². The zero-order valence-electron chi connectivity index (χ0n) is 9.95. The molecule has 2 aliphatic heterocycles. The van der Waals surface area contributed by atoms with Crippen molar-refractivity contribution in [1.29, 1.82) is 0 Å². The number of hydrogen-bond acceptors (Lipinski definition) is 4. The van der Waals surface area contributed by atoms with Crippen LogP contribution >= 0.6 is 0 Å². The van der Waals surface area contributed by atoms with E-state index in [1.807, 2.05) is 6.07 Å². The Labute approximate surface area is 102 Å². The van der Waals surface area contributed by atoms with Gasteiger partial charge < -0.3 is 14.8 Å². The fourth-order valence-electron chi connectivity index (χ4n) is 2.36. The van der Waals surface area contributed by atoms with Gasteiger partial charge in [-0.3, -0.25) is 4.90 Å². The number of nitrogens with zero attached hydrogens (tertiary/aromatic N) is 1. The van der Waals surface area contributed by atoms with Crippen LogP contribution in [0.1, 0.15) is 12.0 Å². The molecule has 2 heterocycles. The van der Waals surface area contributed by atoms with Crippen LogP contribution in [0.3, 0.4) is 0 Å². The van der Waals surface area contributed by atoms with Gasteiger partial charge in [-0.25, -0.2) is 0 Å². The summed E-state index contributed by atoms with van der Waals surface area (Å²) in [6.07, 6.45) is 1.23. The molecule has 1 fully saturated rings. The first kappa shape index (κ1) is 10.9. The number of nitrogens with one attached hydrogen (secondary N) is 1. The standard InChI is InChI=1S/C13H18N2O2/c1-4-14-5-7-15(6-1)9-11-2-3-12-13(8-11)17-10-16-12/h2-3,8,14H,1,4-7,9-10H2. The van der Waals surface area contributed by atoms with Gasteiger partial charge in [0.1, 0.15) is 0 Å². The van der Waals surface area contributed by atoms with E-state index in [4.69, 9.17) is 9.47 Å². The third kappa shape index (κ3) is 2.53. The molecule has 0 spiro atoms. The summed E-state index contributed by atoms with van der Waals surface area (Å²) in [6.45, 7) is 5.86. The third-order valence-electron chi connectivity index (χ3n) is 3.28. The van der Waals surface area contributed by atoms with E-state index in [0.29, 0.717) is 6.79 Å². The maximum atomic E-state index is 5.40. The van der Waals surface area contributed by atoms with Gasteiger partial charge in [-0.2, -0.15) is 0 Å². The van der Waals surface area contributed by atoms with Crippen LogP contribution in [0, 0.1) is 0 Å². The van der Waals surface area contributed by atoms with Gasteiger partial charge in [-0.15, -0.1) is 0 Å². The Hall–Kier alpha value is -1.26. The van der Waals surface area contributed by atoms with Crippen molar-refractivity contribution in [1.82, 2.24) is 10.2 Å². The van der Waals surface area contributed by atoms with Gasteiger partial charge >= 0.3 is 0 Å². The molecule has 17 heavy (non-hydrogen) atoms. The number of fused-ring (bicyclic) bond motifs is 1. The second kappa shape index (κ2) is 4.94. The summed E-state index contributed by atoms with van der Waals surface area (Å²) in [5.74, 6) is 1.75.